The monoisotopic (exact) mass is 507 g/mol. The van der Waals surface area contributed by atoms with Crippen molar-refractivity contribution >= 4 is 12.0 Å². The van der Waals surface area contributed by atoms with Gasteiger partial charge in [-0.1, -0.05) is 61.4 Å². The molecule has 0 saturated heterocycles. The molecule has 0 aromatic heterocycles. The van der Waals surface area contributed by atoms with E-state index in [1.54, 1.807) is 13.0 Å². The number of ether oxygens (including phenoxy) is 2. The lowest BCUT2D eigenvalue weighted by atomic mass is 9.88. The fourth-order valence-corrected chi connectivity index (χ4v) is 5.34. The van der Waals surface area contributed by atoms with Crippen LogP contribution < -0.4 is 5.32 Å². The topological polar surface area (TPSA) is 67.8 Å². The van der Waals surface area contributed by atoms with Gasteiger partial charge in [-0.2, -0.15) is 0 Å². The van der Waals surface area contributed by atoms with E-state index in [9.17, 15) is 9.90 Å². The number of aryl methyl sites for hydroxylation is 1. The molecule has 2 atom stereocenters. The minimum absolute atomic E-state index is 0.0709. The van der Waals surface area contributed by atoms with Gasteiger partial charge >= 0.3 is 5.97 Å². The van der Waals surface area contributed by atoms with Gasteiger partial charge in [0.2, 0.25) is 0 Å². The minimum Gasteiger partial charge on any atom is -0.463 e. The molecule has 0 aliphatic heterocycles. The molecule has 0 radical (unpaired) electrons. The SMILES string of the molecule is CCC[C@@H](OC[C@H](O)CNC(C)(C)CC1Cc2ccccc2C1)c1ccc(C)cc1C=CC(=O)OCC. The molecule has 0 heterocycles. The second kappa shape index (κ2) is 13.9. The third-order valence-electron chi connectivity index (χ3n) is 7.07. The second-order valence-corrected chi connectivity index (χ2v) is 11.0. The lowest BCUT2D eigenvalue weighted by molar-refractivity contribution is -0.137. The third-order valence-corrected chi connectivity index (χ3v) is 7.07. The van der Waals surface area contributed by atoms with Crippen LogP contribution in [-0.2, 0) is 27.1 Å². The van der Waals surface area contributed by atoms with Crippen LogP contribution in [0.5, 0.6) is 0 Å². The molecule has 202 valence electrons. The Morgan fingerprint density at radius 1 is 1.16 bits per heavy atom. The molecule has 5 heteroatoms. The standard InChI is InChI=1S/C32H45NO4/c1-6-10-30(29-15-13-23(3)17-27(29)14-16-31(35)36-7-2)37-22-28(34)21-33-32(4,5)20-24-18-25-11-8-9-12-26(25)19-24/h8-9,11-17,24,28,30,33-34H,6-7,10,18-22H2,1-5H3/t28-,30-/m1/s1. The molecule has 0 bridgehead atoms. The first-order valence-electron chi connectivity index (χ1n) is 13.8. The Bertz CT molecular complexity index is 1020. The van der Waals surface area contributed by atoms with Crippen LogP contribution >= 0.6 is 0 Å². The Labute approximate surface area is 223 Å². The number of β-amino-alcohol motifs (C(OH)–C–C–N with tert-alkyl or cyclic N) is 1. The van der Waals surface area contributed by atoms with Gasteiger partial charge in [-0.05, 0) is 87.6 Å². The van der Waals surface area contributed by atoms with Gasteiger partial charge in [0.15, 0.2) is 0 Å². The van der Waals surface area contributed by atoms with E-state index in [-0.39, 0.29) is 24.2 Å². The molecule has 2 N–H and O–H groups in total. The first kappa shape index (κ1) is 29.1. The fraction of sp³-hybridized carbons (Fsp3) is 0.531. The van der Waals surface area contributed by atoms with Gasteiger partial charge < -0.3 is 19.9 Å². The van der Waals surface area contributed by atoms with Gasteiger partial charge in [-0.25, -0.2) is 4.79 Å². The normalized spacial score (nSPS) is 15.6. The van der Waals surface area contributed by atoms with Crippen molar-refractivity contribution < 1.29 is 19.4 Å². The van der Waals surface area contributed by atoms with E-state index in [0.29, 0.717) is 19.1 Å². The Morgan fingerprint density at radius 2 is 1.86 bits per heavy atom. The highest BCUT2D eigenvalue weighted by Gasteiger charge is 2.28. The first-order chi connectivity index (χ1) is 17.7. The maximum atomic E-state index is 11.9. The highest BCUT2D eigenvalue weighted by Crippen LogP contribution is 2.32. The minimum atomic E-state index is -0.608. The molecule has 3 rings (SSSR count). The summed E-state index contributed by atoms with van der Waals surface area (Å²) in [4.78, 5) is 11.9. The maximum absolute atomic E-state index is 11.9. The zero-order valence-corrected chi connectivity index (χ0v) is 23.3. The van der Waals surface area contributed by atoms with E-state index in [4.69, 9.17) is 9.47 Å². The van der Waals surface area contributed by atoms with E-state index in [0.717, 1.165) is 48.8 Å². The summed E-state index contributed by atoms with van der Waals surface area (Å²) in [6, 6.07) is 14.9. The van der Waals surface area contributed by atoms with E-state index < -0.39 is 6.10 Å². The number of aliphatic hydroxyl groups excluding tert-OH is 1. The van der Waals surface area contributed by atoms with E-state index >= 15 is 0 Å². The molecule has 0 spiro atoms. The number of esters is 1. The zero-order chi connectivity index (χ0) is 26.8. The molecule has 37 heavy (non-hydrogen) atoms. The Kier molecular flexibility index (Phi) is 10.9. The molecule has 2 aromatic rings. The zero-order valence-electron chi connectivity index (χ0n) is 23.3. The molecule has 5 nitrogen and oxygen atoms in total. The summed E-state index contributed by atoms with van der Waals surface area (Å²) in [5, 5.41) is 14.3. The number of rotatable bonds is 14. The molecule has 0 fully saturated rings. The predicted octanol–water partition coefficient (Wildman–Crippen LogP) is 5.96. The van der Waals surface area contributed by atoms with Crippen LogP contribution in [-0.4, -0.2) is 42.5 Å². The molecule has 0 amide bonds. The predicted molar refractivity (Wildman–Crippen MR) is 150 cm³/mol. The summed E-state index contributed by atoms with van der Waals surface area (Å²) in [6.45, 7) is 11.5. The van der Waals surface area contributed by atoms with Gasteiger partial charge in [0.1, 0.15) is 0 Å². The van der Waals surface area contributed by atoms with Crippen LogP contribution in [0.15, 0.2) is 48.5 Å². The van der Waals surface area contributed by atoms with Crippen molar-refractivity contribution in [2.45, 2.75) is 84.5 Å². The largest absolute Gasteiger partial charge is 0.463 e. The van der Waals surface area contributed by atoms with E-state index in [2.05, 4.69) is 68.6 Å². The number of hydrogen-bond acceptors (Lipinski definition) is 5. The lowest BCUT2D eigenvalue weighted by Gasteiger charge is -2.31. The lowest BCUT2D eigenvalue weighted by Crippen LogP contribution is -2.45. The van der Waals surface area contributed by atoms with Crippen molar-refractivity contribution in [3.05, 3.63) is 76.4 Å². The van der Waals surface area contributed by atoms with Crippen LogP contribution in [0, 0.1) is 12.8 Å². The van der Waals surface area contributed by atoms with Crippen molar-refractivity contribution in [2.24, 2.45) is 5.92 Å². The van der Waals surface area contributed by atoms with Gasteiger partial charge in [0, 0.05) is 18.2 Å². The number of fused-ring (bicyclic) bond motifs is 1. The third kappa shape index (κ3) is 9.10. The summed E-state index contributed by atoms with van der Waals surface area (Å²) in [5.74, 6) is 0.276. The number of nitrogens with one attached hydrogen (secondary N) is 1. The van der Waals surface area contributed by atoms with Crippen molar-refractivity contribution in [3.8, 4) is 0 Å². The summed E-state index contributed by atoms with van der Waals surface area (Å²) in [5.41, 5.74) is 5.96. The van der Waals surface area contributed by atoms with Crippen molar-refractivity contribution in [3.63, 3.8) is 0 Å². The van der Waals surface area contributed by atoms with Crippen LogP contribution in [0.4, 0.5) is 0 Å². The van der Waals surface area contributed by atoms with Crippen LogP contribution in [0.1, 0.15) is 80.9 Å². The van der Waals surface area contributed by atoms with Gasteiger partial charge in [0.25, 0.3) is 0 Å². The first-order valence-corrected chi connectivity index (χ1v) is 13.8. The molecule has 1 aliphatic rings. The molecular formula is C32H45NO4. The number of carbonyl (C=O) groups excluding carboxylic acids is 1. The Morgan fingerprint density at radius 3 is 2.51 bits per heavy atom. The van der Waals surface area contributed by atoms with Gasteiger partial charge in [-0.3, -0.25) is 0 Å². The highest BCUT2D eigenvalue weighted by molar-refractivity contribution is 5.87. The number of hydrogen-bond donors (Lipinski definition) is 2. The quantitative estimate of drug-likeness (QED) is 0.244. The van der Waals surface area contributed by atoms with Crippen LogP contribution in [0.2, 0.25) is 0 Å². The average Bonchev–Trinajstić information content (AvgIpc) is 3.26. The molecule has 2 aromatic carbocycles. The van der Waals surface area contributed by atoms with Crippen LogP contribution in [0.3, 0.4) is 0 Å². The summed E-state index contributed by atoms with van der Waals surface area (Å²) in [6.07, 6.45) is 7.61. The van der Waals surface area contributed by atoms with Crippen LogP contribution in [0.25, 0.3) is 6.08 Å². The van der Waals surface area contributed by atoms with Crippen molar-refractivity contribution in [1.82, 2.24) is 5.32 Å². The average molecular weight is 508 g/mol. The number of benzene rings is 2. The second-order valence-electron chi connectivity index (χ2n) is 11.0. The fourth-order valence-electron chi connectivity index (χ4n) is 5.34. The highest BCUT2D eigenvalue weighted by atomic mass is 16.5. The molecule has 0 saturated carbocycles. The molecule has 1 aliphatic carbocycles. The van der Waals surface area contributed by atoms with Gasteiger partial charge in [0.05, 0.1) is 25.4 Å². The summed E-state index contributed by atoms with van der Waals surface area (Å²) < 4.78 is 11.3. The number of aliphatic hydroxyl groups is 1. The smallest absolute Gasteiger partial charge is 0.330 e. The van der Waals surface area contributed by atoms with E-state index in [1.165, 1.54) is 17.2 Å². The van der Waals surface area contributed by atoms with Crippen molar-refractivity contribution in [1.29, 1.82) is 0 Å². The number of carbonyl (C=O) groups is 1. The van der Waals surface area contributed by atoms with Gasteiger partial charge in [-0.15, -0.1) is 0 Å². The summed E-state index contributed by atoms with van der Waals surface area (Å²) in [7, 11) is 0. The summed E-state index contributed by atoms with van der Waals surface area (Å²) >= 11 is 0. The molecular weight excluding hydrogens is 462 g/mol. The maximum Gasteiger partial charge on any atom is 0.330 e. The Balaban J connectivity index is 1.54. The Hall–Kier alpha value is -2.47. The van der Waals surface area contributed by atoms with Crippen molar-refractivity contribution in [2.75, 3.05) is 19.8 Å². The molecule has 0 unspecified atom stereocenters. The van der Waals surface area contributed by atoms with E-state index in [1.807, 2.05) is 6.92 Å².